The SMILES string of the molecule is C#CCOc1c(Cl)cc(/C=C(\C#N)C(=O)Nc2ccc(F)cc2)cc1OC. The lowest BCUT2D eigenvalue weighted by Crippen LogP contribution is -2.13. The fourth-order valence-electron chi connectivity index (χ4n) is 2.12. The van der Waals surface area contributed by atoms with Crippen molar-refractivity contribution in [3.8, 4) is 29.9 Å². The van der Waals surface area contributed by atoms with E-state index in [9.17, 15) is 14.4 Å². The molecular formula is C20H14ClFN2O3. The maximum atomic E-state index is 12.9. The van der Waals surface area contributed by atoms with Crippen LogP contribution in [0.15, 0.2) is 42.0 Å². The molecule has 5 nitrogen and oxygen atoms in total. The van der Waals surface area contributed by atoms with Gasteiger partial charge in [0, 0.05) is 5.69 Å². The molecule has 2 rings (SSSR count). The minimum absolute atomic E-state index is 0.00872. The molecule has 0 bridgehead atoms. The minimum atomic E-state index is -0.646. The summed E-state index contributed by atoms with van der Waals surface area (Å²) in [6, 6.07) is 10.1. The molecule has 0 aliphatic carbocycles. The van der Waals surface area contributed by atoms with Crippen LogP contribution in [-0.4, -0.2) is 19.6 Å². The number of carbonyl (C=O) groups excluding carboxylic acids is 1. The van der Waals surface area contributed by atoms with Crippen molar-refractivity contribution in [2.75, 3.05) is 19.0 Å². The second-order valence-electron chi connectivity index (χ2n) is 5.16. The van der Waals surface area contributed by atoms with Gasteiger partial charge in [0.05, 0.1) is 12.1 Å². The average Bonchev–Trinajstić information content (AvgIpc) is 2.66. The zero-order chi connectivity index (χ0) is 19.8. The van der Waals surface area contributed by atoms with Gasteiger partial charge in [0.25, 0.3) is 5.91 Å². The third-order valence-corrected chi connectivity index (χ3v) is 3.61. The molecule has 0 atom stereocenters. The molecule has 27 heavy (non-hydrogen) atoms. The van der Waals surface area contributed by atoms with E-state index in [2.05, 4.69) is 11.2 Å². The van der Waals surface area contributed by atoms with Crippen LogP contribution in [0.5, 0.6) is 11.5 Å². The first-order chi connectivity index (χ1) is 13.0. The lowest BCUT2D eigenvalue weighted by atomic mass is 10.1. The van der Waals surface area contributed by atoms with Crippen LogP contribution in [-0.2, 0) is 4.79 Å². The highest BCUT2D eigenvalue weighted by Gasteiger charge is 2.14. The number of amides is 1. The maximum absolute atomic E-state index is 12.9. The van der Waals surface area contributed by atoms with Crippen molar-refractivity contribution in [1.29, 1.82) is 5.26 Å². The van der Waals surface area contributed by atoms with Crippen molar-refractivity contribution >= 4 is 29.3 Å². The second kappa shape index (κ2) is 9.28. The van der Waals surface area contributed by atoms with Gasteiger partial charge < -0.3 is 14.8 Å². The van der Waals surface area contributed by atoms with Crippen LogP contribution < -0.4 is 14.8 Å². The molecule has 2 aromatic rings. The van der Waals surface area contributed by atoms with Crippen LogP contribution in [0.25, 0.3) is 6.08 Å². The number of terminal acetylenes is 1. The van der Waals surface area contributed by atoms with Gasteiger partial charge in [-0.2, -0.15) is 5.26 Å². The third kappa shape index (κ3) is 5.24. The van der Waals surface area contributed by atoms with Gasteiger partial charge >= 0.3 is 0 Å². The molecule has 7 heteroatoms. The number of benzene rings is 2. The van der Waals surface area contributed by atoms with Crippen LogP contribution in [0.1, 0.15) is 5.56 Å². The first kappa shape index (κ1) is 19.8. The number of hydrogen-bond acceptors (Lipinski definition) is 4. The summed E-state index contributed by atoms with van der Waals surface area (Å²) in [6.07, 6.45) is 6.51. The van der Waals surface area contributed by atoms with Gasteiger partial charge in [-0.1, -0.05) is 17.5 Å². The number of nitrogens with one attached hydrogen (secondary N) is 1. The van der Waals surface area contributed by atoms with Crippen LogP contribution in [0.2, 0.25) is 5.02 Å². The first-order valence-electron chi connectivity index (χ1n) is 7.61. The van der Waals surface area contributed by atoms with E-state index < -0.39 is 11.7 Å². The molecule has 0 saturated carbocycles. The molecule has 136 valence electrons. The molecule has 0 aliphatic heterocycles. The number of hydrogen-bond donors (Lipinski definition) is 1. The number of nitriles is 1. The monoisotopic (exact) mass is 384 g/mol. The summed E-state index contributed by atoms with van der Waals surface area (Å²) in [5.41, 5.74) is 0.640. The van der Waals surface area contributed by atoms with E-state index in [1.54, 1.807) is 6.07 Å². The van der Waals surface area contributed by atoms with E-state index >= 15 is 0 Å². The number of rotatable bonds is 6. The number of anilines is 1. The van der Waals surface area contributed by atoms with Gasteiger partial charge in [-0.25, -0.2) is 4.39 Å². The van der Waals surface area contributed by atoms with E-state index in [1.807, 2.05) is 6.07 Å². The number of nitrogens with zero attached hydrogens (tertiary/aromatic N) is 1. The van der Waals surface area contributed by atoms with Gasteiger partial charge in [0.15, 0.2) is 11.5 Å². The Morgan fingerprint density at radius 3 is 2.67 bits per heavy atom. The van der Waals surface area contributed by atoms with E-state index in [0.29, 0.717) is 17.0 Å². The van der Waals surface area contributed by atoms with E-state index in [0.717, 1.165) is 0 Å². The molecular weight excluding hydrogens is 371 g/mol. The van der Waals surface area contributed by atoms with Crippen molar-refractivity contribution in [2.24, 2.45) is 0 Å². The topological polar surface area (TPSA) is 71.3 Å². The summed E-state index contributed by atoms with van der Waals surface area (Å²) in [4.78, 5) is 12.3. The zero-order valence-electron chi connectivity index (χ0n) is 14.3. The van der Waals surface area contributed by atoms with Crippen molar-refractivity contribution < 1.29 is 18.7 Å². The number of methoxy groups -OCH3 is 1. The summed E-state index contributed by atoms with van der Waals surface area (Å²) in [5, 5.41) is 12.0. The van der Waals surface area contributed by atoms with Crippen molar-refractivity contribution in [3.63, 3.8) is 0 Å². The predicted molar refractivity (Wildman–Crippen MR) is 101 cm³/mol. The Kier molecular flexibility index (Phi) is 6.82. The highest BCUT2D eigenvalue weighted by atomic mass is 35.5. The Morgan fingerprint density at radius 1 is 1.37 bits per heavy atom. The zero-order valence-corrected chi connectivity index (χ0v) is 15.0. The smallest absolute Gasteiger partial charge is 0.266 e. The Balaban J connectivity index is 2.29. The molecule has 0 radical (unpaired) electrons. The highest BCUT2D eigenvalue weighted by Crippen LogP contribution is 2.37. The predicted octanol–water partition coefficient (Wildman–Crippen LogP) is 4.05. The van der Waals surface area contributed by atoms with Crippen molar-refractivity contribution in [1.82, 2.24) is 0 Å². The Labute approximate surface area is 161 Å². The summed E-state index contributed by atoms with van der Waals surface area (Å²) >= 11 is 6.18. The van der Waals surface area contributed by atoms with Crippen LogP contribution in [0, 0.1) is 29.5 Å². The van der Waals surface area contributed by atoms with Crippen molar-refractivity contribution in [2.45, 2.75) is 0 Å². The maximum Gasteiger partial charge on any atom is 0.266 e. The van der Waals surface area contributed by atoms with Gasteiger partial charge in [-0.15, -0.1) is 6.42 Å². The largest absolute Gasteiger partial charge is 0.493 e. The van der Waals surface area contributed by atoms with Gasteiger partial charge in [-0.05, 0) is 48.0 Å². The van der Waals surface area contributed by atoms with Crippen LogP contribution >= 0.6 is 11.6 Å². The fraction of sp³-hybridized carbons (Fsp3) is 0.100. The average molecular weight is 385 g/mol. The molecule has 0 unspecified atom stereocenters. The van der Waals surface area contributed by atoms with E-state index in [4.69, 9.17) is 27.5 Å². The second-order valence-corrected chi connectivity index (χ2v) is 5.56. The minimum Gasteiger partial charge on any atom is -0.493 e. The number of halogens is 2. The third-order valence-electron chi connectivity index (χ3n) is 3.33. The lowest BCUT2D eigenvalue weighted by molar-refractivity contribution is -0.112. The first-order valence-corrected chi connectivity index (χ1v) is 7.98. The van der Waals surface area contributed by atoms with E-state index in [1.165, 1.54) is 43.5 Å². The highest BCUT2D eigenvalue weighted by molar-refractivity contribution is 6.32. The number of ether oxygens (including phenoxy) is 2. The molecule has 0 fully saturated rings. The Morgan fingerprint density at radius 2 is 2.07 bits per heavy atom. The molecule has 0 aromatic heterocycles. The van der Waals surface area contributed by atoms with Crippen LogP contribution in [0.4, 0.5) is 10.1 Å². The number of carbonyl (C=O) groups is 1. The summed E-state index contributed by atoms with van der Waals surface area (Å²) < 4.78 is 23.5. The molecule has 0 heterocycles. The fourth-order valence-corrected chi connectivity index (χ4v) is 2.40. The molecule has 2 aromatic carbocycles. The quantitative estimate of drug-likeness (QED) is 0.463. The Bertz CT molecular complexity index is 957. The summed E-state index contributed by atoms with van der Waals surface area (Å²) in [6.45, 7) is 0.00872. The normalized spacial score (nSPS) is 10.5. The molecule has 0 saturated heterocycles. The van der Waals surface area contributed by atoms with E-state index in [-0.39, 0.29) is 23.0 Å². The molecule has 0 aliphatic rings. The van der Waals surface area contributed by atoms with Gasteiger partial charge in [0.2, 0.25) is 0 Å². The standard InChI is InChI=1S/C20H14ClFN2O3/c1-3-8-27-19-17(21)10-13(11-18(19)26-2)9-14(12-23)20(25)24-16-6-4-15(22)5-7-16/h1,4-7,9-11H,8H2,2H3,(H,24,25)/b14-9+. The molecule has 0 spiro atoms. The van der Waals surface area contributed by atoms with Crippen molar-refractivity contribution in [3.05, 3.63) is 58.4 Å². The summed E-state index contributed by atoms with van der Waals surface area (Å²) in [5.74, 6) is 1.82. The van der Waals surface area contributed by atoms with Gasteiger partial charge in [0.1, 0.15) is 24.1 Å². The van der Waals surface area contributed by atoms with Gasteiger partial charge in [-0.3, -0.25) is 4.79 Å². The molecule has 1 amide bonds. The molecule has 1 N–H and O–H groups in total. The Hall–Kier alpha value is -3.48. The van der Waals surface area contributed by atoms with Crippen LogP contribution in [0.3, 0.4) is 0 Å². The summed E-state index contributed by atoms with van der Waals surface area (Å²) in [7, 11) is 1.42. The lowest BCUT2D eigenvalue weighted by Gasteiger charge is -2.12.